The largest absolute Gasteiger partial charge is 0.354 e. The van der Waals surface area contributed by atoms with Gasteiger partial charge < -0.3 is 10.2 Å². The smallest absolute Gasteiger partial charge is 0.264 e. The number of aryl methyl sites for hydroxylation is 2. The van der Waals surface area contributed by atoms with Crippen molar-refractivity contribution in [1.29, 1.82) is 0 Å². The molecule has 38 heavy (non-hydrogen) atoms. The molecule has 0 fully saturated rings. The number of carbonyl (C=O) groups excluding carboxylic acids is 2. The summed E-state index contributed by atoms with van der Waals surface area (Å²) in [5.41, 5.74) is 3.12. The second kappa shape index (κ2) is 13.2. The van der Waals surface area contributed by atoms with Crippen LogP contribution in [0.3, 0.4) is 0 Å². The molecule has 3 rings (SSSR count). The van der Waals surface area contributed by atoms with Crippen LogP contribution >= 0.6 is 0 Å². The highest BCUT2D eigenvalue weighted by Gasteiger charge is 2.32. The molecule has 0 aliphatic rings. The number of hydrogen-bond donors (Lipinski definition) is 1. The van der Waals surface area contributed by atoms with Crippen LogP contribution in [0, 0.1) is 13.8 Å². The van der Waals surface area contributed by atoms with Crippen LogP contribution in [0.4, 0.5) is 5.69 Å². The summed E-state index contributed by atoms with van der Waals surface area (Å²) in [4.78, 5) is 28.3. The topological polar surface area (TPSA) is 86.8 Å². The number of sulfonamides is 1. The first-order chi connectivity index (χ1) is 18.1. The quantitative estimate of drug-likeness (QED) is 0.337. The van der Waals surface area contributed by atoms with Crippen LogP contribution in [0.15, 0.2) is 83.8 Å². The first-order valence-corrected chi connectivity index (χ1v) is 14.3. The Morgan fingerprint density at radius 1 is 0.868 bits per heavy atom. The summed E-state index contributed by atoms with van der Waals surface area (Å²) in [5.74, 6) is -0.741. The van der Waals surface area contributed by atoms with Crippen molar-refractivity contribution in [2.45, 2.75) is 58.0 Å². The standard InChI is InChI=1S/C30H37N3O4S/c1-5-6-20-31-30(35)25(4)32(21-26-10-8-7-9-11-26)29(34)22-33(27-16-12-23(2)13-17-27)38(36,37)28-18-14-24(3)15-19-28/h7-19,25H,5-6,20-22H2,1-4H3,(H,31,35)/t25-/m0/s1. The third-order valence-corrected chi connectivity index (χ3v) is 8.19. The Balaban J connectivity index is 1.97. The number of unbranched alkanes of at least 4 members (excludes halogenated alkanes) is 1. The van der Waals surface area contributed by atoms with E-state index in [4.69, 9.17) is 0 Å². The second-order valence-corrected chi connectivity index (χ2v) is 11.4. The third kappa shape index (κ3) is 7.44. The van der Waals surface area contributed by atoms with E-state index in [-0.39, 0.29) is 17.3 Å². The highest BCUT2D eigenvalue weighted by atomic mass is 32.2. The van der Waals surface area contributed by atoms with Crippen molar-refractivity contribution in [3.05, 3.63) is 95.6 Å². The minimum atomic E-state index is -4.06. The van der Waals surface area contributed by atoms with Crippen LogP contribution in [0.25, 0.3) is 0 Å². The molecule has 3 aromatic rings. The Hall–Kier alpha value is -3.65. The predicted octanol–water partition coefficient (Wildman–Crippen LogP) is 4.83. The zero-order valence-corrected chi connectivity index (χ0v) is 23.4. The van der Waals surface area contributed by atoms with Gasteiger partial charge in [-0.2, -0.15) is 0 Å². The molecule has 0 bridgehead atoms. The average molecular weight is 536 g/mol. The van der Waals surface area contributed by atoms with Crippen molar-refractivity contribution in [3.8, 4) is 0 Å². The van der Waals surface area contributed by atoms with Crippen molar-refractivity contribution >= 4 is 27.5 Å². The Bertz CT molecular complexity index is 1310. The molecule has 8 heteroatoms. The molecule has 0 saturated heterocycles. The molecule has 202 valence electrons. The zero-order chi connectivity index (χ0) is 27.7. The molecular formula is C30H37N3O4S. The van der Waals surface area contributed by atoms with Gasteiger partial charge in [-0.15, -0.1) is 0 Å². The first-order valence-electron chi connectivity index (χ1n) is 12.9. The molecule has 0 saturated carbocycles. The molecular weight excluding hydrogens is 498 g/mol. The maximum atomic E-state index is 13.8. The van der Waals surface area contributed by atoms with Gasteiger partial charge >= 0.3 is 0 Å². The van der Waals surface area contributed by atoms with E-state index in [1.165, 1.54) is 4.90 Å². The van der Waals surface area contributed by atoms with Gasteiger partial charge in [0.2, 0.25) is 11.8 Å². The summed E-state index contributed by atoms with van der Waals surface area (Å²) < 4.78 is 28.7. The van der Waals surface area contributed by atoms with Crippen LogP contribution in [-0.2, 0) is 26.2 Å². The number of anilines is 1. The lowest BCUT2D eigenvalue weighted by atomic mass is 10.1. The molecule has 2 amide bonds. The van der Waals surface area contributed by atoms with Gasteiger partial charge in [-0.25, -0.2) is 8.42 Å². The van der Waals surface area contributed by atoms with E-state index in [1.54, 1.807) is 43.3 Å². The number of nitrogens with zero attached hydrogens (tertiary/aromatic N) is 2. The lowest BCUT2D eigenvalue weighted by Crippen LogP contribution is -2.51. The summed E-state index contributed by atoms with van der Waals surface area (Å²) in [6.45, 7) is 7.75. The molecule has 0 unspecified atom stereocenters. The van der Waals surface area contributed by atoms with Crippen LogP contribution in [0.5, 0.6) is 0 Å². The van der Waals surface area contributed by atoms with Gasteiger partial charge in [0.15, 0.2) is 0 Å². The van der Waals surface area contributed by atoms with Crippen molar-refractivity contribution in [2.24, 2.45) is 0 Å². The van der Waals surface area contributed by atoms with E-state index in [0.717, 1.165) is 33.8 Å². The van der Waals surface area contributed by atoms with Crippen LogP contribution < -0.4 is 9.62 Å². The van der Waals surface area contributed by atoms with Crippen molar-refractivity contribution < 1.29 is 18.0 Å². The van der Waals surface area contributed by atoms with E-state index in [1.807, 2.05) is 63.2 Å². The molecule has 1 atom stereocenters. The van der Waals surface area contributed by atoms with Crippen molar-refractivity contribution in [2.75, 3.05) is 17.4 Å². The zero-order valence-electron chi connectivity index (χ0n) is 22.6. The van der Waals surface area contributed by atoms with Gasteiger partial charge in [0.05, 0.1) is 10.6 Å². The summed E-state index contributed by atoms with van der Waals surface area (Å²) >= 11 is 0. The van der Waals surface area contributed by atoms with Crippen molar-refractivity contribution in [3.63, 3.8) is 0 Å². The molecule has 0 radical (unpaired) electrons. The fraction of sp³-hybridized carbons (Fsp3) is 0.333. The summed E-state index contributed by atoms with van der Waals surface area (Å²) in [6, 6.07) is 22.1. The molecule has 1 N–H and O–H groups in total. The van der Waals surface area contributed by atoms with Gasteiger partial charge in [0.25, 0.3) is 10.0 Å². The van der Waals surface area contributed by atoms with Gasteiger partial charge in [-0.3, -0.25) is 13.9 Å². The Labute approximate surface area is 226 Å². The normalized spacial score (nSPS) is 12.0. The number of carbonyl (C=O) groups is 2. The van der Waals surface area contributed by atoms with E-state index < -0.39 is 28.5 Å². The summed E-state index contributed by atoms with van der Waals surface area (Å²) in [6.07, 6.45) is 1.77. The Morgan fingerprint density at radius 2 is 1.45 bits per heavy atom. The number of nitrogens with one attached hydrogen (secondary N) is 1. The van der Waals surface area contributed by atoms with E-state index in [9.17, 15) is 18.0 Å². The first kappa shape index (κ1) is 28.9. The fourth-order valence-electron chi connectivity index (χ4n) is 3.98. The third-order valence-electron chi connectivity index (χ3n) is 6.40. The monoisotopic (exact) mass is 535 g/mol. The number of rotatable bonds is 12. The molecule has 0 heterocycles. The highest BCUT2D eigenvalue weighted by molar-refractivity contribution is 7.92. The molecule has 3 aromatic carbocycles. The fourth-order valence-corrected chi connectivity index (χ4v) is 5.39. The lowest BCUT2D eigenvalue weighted by Gasteiger charge is -2.32. The predicted molar refractivity (Wildman–Crippen MR) is 151 cm³/mol. The molecule has 0 aliphatic heterocycles. The van der Waals surface area contributed by atoms with Gasteiger partial charge in [-0.1, -0.05) is 79.1 Å². The lowest BCUT2D eigenvalue weighted by molar-refractivity contribution is -0.139. The molecule has 0 aliphatic carbocycles. The van der Waals surface area contributed by atoms with Crippen LogP contribution in [0.2, 0.25) is 0 Å². The SMILES string of the molecule is CCCCNC(=O)[C@H](C)N(Cc1ccccc1)C(=O)CN(c1ccc(C)cc1)S(=O)(=O)c1ccc(C)cc1. The minimum absolute atomic E-state index is 0.0939. The summed E-state index contributed by atoms with van der Waals surface area (Å²) in [7, 11) is -4.06. The van der Waals surface area contributed by atoms with Crippen molar-refractivity contribution in [1.82, 2.24) is 10.2 Å². The van der Waals surface area contributed by atoms with Crippen LogP contribution in [0.1, 0.15) is 43.4 Å². The Morgan fingerprint density at radius 3 is 2.03 bits per heavy atom. The molecule has 7 nitrogen and oxygen atoms in total. The van der Waals surface area contributed by atoms with Gasteiger partial charge in [0.1, 0.15) is 12.6 Å². The van der Waals surface area contributed by atoms with E-state index in [2.05, 4.69) is 5.32 Å². The Kier molecular flexibility index (Phi) is 10.1. The van der Waals surface area contributed by atoms with E-state index >= 15 is 0 Å². The summed E-state index contributed by atoms with van der Waals surface area (Å²) in [5, 5.41) is 2.89. The second-order valence-electron chi connectivity index (χ2n) is 9.49. The number of benzene rings is 3. The maximum Gasteiger partial charge on any atom is 0.264 e. The van der Waals surface area contributed by atoms with Gasteiger partial charge in [0, 0.05) is 13.1 Å². The average Bonchev–Trinajstić information content (AvgIpc) is 2.91. The van der Waals surface area contributed by atoms with Crippen LogP contribution in [-0.4, -0.2) is 44.3 Å². The van der Waals surface area contributed by atoms with Gasteiger partial charge in [-0.05, 0) is 57.0 Å². The minimum Gasteiger partial charge on any atom is -0.354 e. The highest BCUT2D eigenvalue weighted by Crippen LogP contribution is 2.25. The maximum absolute atomic E-state index is 13.8. The molecule has 0 spiro atoms. The van der Waals surface area contributed by atoms with E-state index in [0.29, 0.717) is 12.2 Å². The molecule has 0 aromatic heterocycles. The number of hydrogen-bond acceptors (Lipinski definition) is 4. The number of amides is 2.